The first-order valence-electron chi connectivity index (χ1n) is 10.6. The average molecular weight is 421 g/mol. The molecule has 8 nitrogen and oxygen atoms in total. The van der Waals surface area contributed by atoms with Crippen molar-refractivity contribution in [3.63, 3.8) is 0 Å². The molecule has 2 aromatic heterocycles. The molecule has 3 aromatic rings. The highest BCUT2D eigenvalue weighted by atomic mass is 16.2. The number of nitrogens with one attached hydrogen (secondary N) is 1. The molecule has 162 valence electrons. The van der Waals surface area contributed by atoms with Gasteiger partial charge in [0, 0.05) is 50.3 Å². The van der Waals surface area contributed by atoms with Crippen LogP contribution in [0.5, 0.6) is 0 Å². The second kappa shape index (κ2) is 9.16. The van der Waals surface area contributed by atoms with E-state index in [-0.39, 0.29) is 17.7 Å². The van der Waals surface area contributed by atoms with Crippen LogP contribution in [0.2, 0.25) is 0 Å². The lowest BCUT2D eigenvalue weighted by atomic mass is 10.1. The minimum atomic E-state index is -0.167. The quantitative estimate of drug-likeness (QED) is 0.634. The zero-order valence-corrected chi connectivity index (χ0v) is 18.0. The predicted octanol–water partition coefficient (Wildman–Crippen LogP) is 2.02. The highest BCUT2D eigenvalue weighted by molar-refractivity contribution is 5.95. The Morgan fingerprint density at radius 2 is 2.06 bits per heavy atom. The Balaban J connectivity index is 1.30. The summed E-state index contributed by atoms with van der Waals surface area (Å²) in [4.78, 5) is 31.5. The van der Waals surface area contributed by atoms with Crippen molar-refractivity contribution < 1.29 is 9.59 Å². The fraction of sp³-hybridized carbons (Fsp3) is 0.391. The number of nitrogens with zero attached hydrogens (tertiary/aromatic N) is 5. The molecule has 1 aliphatic heterocycles. The summed E-state index contributed by atoms with van der Waals surface area (Å²) in [5, 5.41) is 7.29. The number of aryl methyl sites for hydroxylation is 2. The molecule has 3 heterocycles. The van der Waals surface area contributed by atoms with Crippen LogP contribution in [0, 0.1) is 19.8 Å². The molecule has 2 amide bonds. The van der Waals surface area contributed by atoms with Gasteiger partial charge in [-0.3, -0.25) is 14.3 Å². The van der Waals surface area contributed by atoms with Crippen molar-refractivity contribution in [2.75, 3.05) is 19.6 Å². The molecular weight excluding hydrogens is 392 g/mol. The number of hydrogen-bond acceptors (Lipinski definition) is 4. The molecule has 4 rings (SSSR count). The summed E-state index contributed by atoms with van der Waals surface area (Å²) in [6.45, 7) is 6.79. The average Bonchev–Trinajstić information content (AvgIpc) is 3.50. The van der Waals surface area contributed by atoms with E-state index in [9.17, 15) is 9.59 Å². The number of amides is 2. The number of imidazole rings is 1. The summed E-state index contributed by atoms with van der Waals surface area (Å²) in [7, 11) is 0. The van der Waals surface area contributed by atoms with Crippen molar-refractivity contribution in [3.8, 4) is 0 Å². The van der Waals surface area contributed by atoms with Gasteiger partial charge in [-0.1, -0.05) is 12.1 Å². The number of aromatic nitrogens is 4. The predicted molar refractivity (Wildman–Crippen MR) is 116 cm³/mol. The van der Waals surface area contributed by atoms with Gasteiger partial charge in [-0.2, -0.15) is 5.10 Å². The van der Waals surface area contributed by atoms with Gasteiger partial charge in [-0.25, -0.2) is 4.98 Å². The molecule has 1 aromatic carbocycles. The molecule has 1 fully saturated rings. The van der Waals surface area contributed by atoms with Gasteiger partial charge in [0.25, 0.3) is 5.91 Å². The number of benzene rings is 1. The van der Waals surface area contributed by atoms with Gasteiger partial charge in [0.05, 0.1) is 18.2 Å². The highest BCUT2D eigenvalue weighted by Crippen LogP contribution is 2.20. The minimum absolute atomic E-state index is 0.00325. The van der Waals surface area contributed by atoms with Crippen LogP contribution in [0.3, 0.4) is 0 Å². The Labute approximate surface area is 181 Å². The first-order chi connectivity index (χ1) is 15.0. The molecule has 0 spiro atoms. The van der Waals surface area contributed by atoms with E-state index in [1.807, 2.05) is 65.8 Å². The summed E-state index contributed by atoms with van der Waals surface area (Å²) < 4.78 is 3.86. The third kappa shape index (κ3) is 5.02. The number of carbonyl (C=O) groups is 2. The smallest absolute Gasteiger partial charge is 0.253 e. The lowest BCUT2D eigenvalue weighted by molar-refractivity contribution is -0.124. The molecule has 0 saturated carbocycles. The van der Waals surface area contributed by atoms with Crippen molar-refractivity contribution >= 4 is 11.8 Å². The molecule has 0 aliphatic carbocycles. The van der Waals surface area contributed by atoms with E-state index < -0.39 is 0 Å². The van der Waals surface area contributed by atoms with E-state index in [2.05, 4.69) is 15.4 Å². The molecule has 1 unspecified atom stereocenters. The van der Waals surface area contributed by atoms with E-state index in [1.165, 1.54) is 0 Å². The zero-order chi connectivity index (χ0) is 21.8. The topological polar surface area (TPSA) is 85.0 Å². The fourth-order valence-corrected chi connectivity index (χ4v) is 3.94. The largest absolute Gasteiger partial charge is 0.354 e. The third-order valence-electron chi connectivity index (χ3n) is 5.71. The Hall–Kier alpha value is -3.42. The molecule has 8 heteroatoms. The van der Waals surface area contributed by atoms with E-state index in [0.717, 1.165) is 17.1 Å². The summed E-state index contributed by atoms with van der Waals surface area (Å²) >= 11 is 0. The van der Waals surface area contributed by atoms with Crippen molar-refractivity contribution in [3.05, 3.63) is 71.6 Å². The zero-order valence-electron chi connectivity index (χ0n) is 18.0. The molecule has 0 radical (unpaired) electrons. The van der Waals surface area contributed by atoms with Crippen LogP contribution < -0.4 is 5.32 Å². The van der Waals surface area contributed by atoms with Crippen LogP contribution in [0.25, 0.3) is 0 Å². The van der Waals surface area contributed by atoms with Gasteiger partial charge in [-0.15, -0.1) is 0 Å². The number of hydrogen-bond donors (Lipinski definition) is 1. The van der Waals surface area contributed by atoms with Gasteiger partial charge in [0.15, 0.2) is 0 Å². The normalized spacial score (nSPS) is 15.9. The number of rotatable bonds is 7. The summed E-state index contributed by atoms with van der Waals surface area (Å²) in [6, 6.07) is 9.63. The Bertz CT molecular complexity index is 1070. The van der Waals surface area contributed by atoms with Crippen LogP contribution in [0.1, 0.15) is 33.9 Å². The van der Waals surface area contributed by atoms with Crippen LogP contribution in [-0.2, 0) is 17.9 Å². The molecule has 1 aliphatic rings. The molecule has 0 bridgehead atoms. The maximum absolute atomic E-state index is 13.0. The van der Waals surface area contributed by atoms with Gasteiger partial charge >= 0.3 is 0 Å². The maximum atomic E-state index is 13.0. The van der Waals surface area contributed by atoms with E-state index in [1.54, 1.807) is 11.1 Å². The standard InChI is InChI=1S/C23H28N6O2/c1-17-6-11-29(26-17)13-9-25-22(30)21-7-10-28(16-21)23(31)20-5-3-4-19(14-20)15-27-12-8-24-18(27)2/h3-6,8,11-12,14,21H,7,9-10,13,15-16H2,1-2H3,(H,25,30). The van der Waals surface area contributed by atoms with Crippen molar-refractivity contribution in [1.82, 2.24) is 29.5 Å². The molecule has 31 heavy (non-hydrogen) atoms. The first kappa shape index (κ1) is 20.8. The second-order valence-corrected chi connectivity index (χ2v) is 8.05. The van der Waals surface area contributed by atoms with Gasteiger partial charge in [0.2, 0.25) is 5.91 Å². The summed E-state index contributed by atoms with van der Waals surface area (Å²) in [5.74, 6) is 0.753. The second-order valence-electron chi connectivity index (χ2n) is 8.05. The van der Waals surface area contributed by atoms with E-state index >= 15 is 0 Å². The minimum Gasteiger partial charge on any atom is -0.354 e. The number of carbonyl (C=O) groups excluding carboxylic acids is 2. The monoisotopic (exact) mass is 420 g/mol. The van der Waals surface area contributed by atoms with Crippen LogP contribution in [0.4, 0.5) is 0 Å². The SMILES string of the molecule is Cc1ccn(CCNC(=O)C2CCN(C(=O)c3cccc(Cn4ccnc4C)c3)C2)n1. The molecule has 1 saturated heterocycles. The van der Waals surface area contributed by atoms with Crippen LogP contribution in [-0.4, -0.2) is 55.7 Å². The van der Waals surface area contributed by atoms with Crippen molar-refractivity contribution in [2.24, 2.45) is 5.92 Å². The highest BCUT2D eigenvalue weighted by Gasteiger charge is 2.31. The van der Waals surface area contributed by atoms with Crippen molar-refractivity contribution in [2.45, 2.75) is 33.4 Å². The van der Waals surface area contributed by atoms with E-state index in [4.69, 9.17) is 0 Å². The Morgan fingerprint density at radius 3 is 2.81 bits per heavy atom. The fourth-order valence-electron chi connectivity index (χ4n) is 3.94. The summed E-state index contributed by atoms with van der Waals surface area (Å²) in [5.41, 5.74) is 2.67. The maximum Gasteiger partial charge on any atom is 0.253 e. The lowest BCUT2D eigenvalue weighted by Crippen LogP contribution is -2.36. The van der Waals surface area contributed by atoms with Crippen LogP contribution in [0.15, 0.2) is 48.9 Å². The summed E-state index contributed by atoms with van der Waals surface area (Å²) in [6.07, 6.45) is 6.29. The molecular formula is C23H28N6O2. The van der Waals surface area contributed by atoms with Gasteiger partial charge in [0.1, 0.15) is 5.82 Å². The Morgan fingerprint density at radius 1 is 1.19 bits per heavy atom. The Kier molecular flexibility index (Phi) is 6.16. The van der Waals surface area contributed by atoms with Crippen LogP contribution >= 0.6 is 0 Å². The van der Waals surface area contributed by atoms with Crippen molar-refractivity contribution in [1.29, 1.82) is 0 Å². The molecule has 1 atom stereocenters. The third-order valence-corrected chi connectivity index (χ3v) is 5.71. The molecule has 1 N–H and O–H groups in total. The van der Waals surface area contributed by atoms with E-state index in [0.29, 0.717) is 44.7 Å². The van der Waals surface area contributed by atoms with Gasteiger partial charge < -0.3 is 14.8 Å². The first-order valence-corrected chi connectivity index (χ1v) is 10.6. The lowest BCUT2D eigenvalue weighted by Gasteiger charge is -2.17. The number of likely N-dealkylation sites (tertiary alicyclic amines) is 1. The van der Waals surface area contributed by atoms with Gasteiger partial charge in [-0.05, 0) is 44.0 Å².